The summed E-state index contributed by atoms with van der Waals surface area (Å²) in [4.78, 5) is 96.2. The number of likely N-dealkylation sites (tertiary alicyclic amines) is 1. The Balaban J connectivity index is 3.05. The van der Waals surface area contributed by atoms with Gasteiger partial charge in [0, 0.05) is 26.3 Å². The summed E-state index contributed by atoms with van der Waals surface area (Å²) in [6, 6.07) is -5.42. The lowest BCUT2D eigenvalue weighted by atomic mass is 10.1. The largest absolute Gasteiger partial charge is 0.481 e. The Hall–Kier alpha value is -4.24. The first-order chi connectivity index (χ1) is 17.2. The van der Waals surface area contributed by atoms with E-state index >= 15 is 0 Å². The number of carbonyl (C=O) groups excluding carboxylic acids is 6. The van der Waals surface area contributed by atoms with Gasteiger partial charge in [-0.3, -0.25) is 33.6 Å². The van der Waals surface area contributed by atoms with Crippen molar-refractivity contribution in [3.05, 3.63) is 0 Å². The second kappa shape index (κ2) is 14.4. The molecule has 1 heterocycles. The molecule has 1 rings (SSSR count). The van der Waals surface area contributed by atoms with Gasteiger partial charge in [0.15, 0.2) is 0 Å². The zero-order valence-electron chi connectivity index (χ0n) is 20.2. The molecule has 0 bridgehead atoms. The van der Waals surface area contributed by atoms with Crippen LogP contribution in [0.25, 0.3) is 0 Å². The maximum absolute atomic E-state index is 13.1. The number of aliphatic carboxylic acids is 2. The van der Waals surface area contributed by atoms with Gasteiger partial charge in [-0.05, 0) is 25.7 Å². The minimum Gasteiger partial charge on any atom is -0.481 e. The molecule has 6 amide bonds. The molecule has 4 atom stereocenters. The fraction of sp³-hybridized carbons (Fsp3) is 0.619. The number of carbonyl (C=O) groups is 8. The van der Waals surface area contributed by atoms with Crippen LogP contribution in [0.2, 0.25) is 0 Å². The molecule has 0 unspecified atom stereocenters. The third kappa shape index (κ3) is 10.5. The SMILES string of the molecule is CC(=O)N[C@@H](CCC(N)=O)C(=O)N1CCC[C@H]1C(=O)N[C@@H](CCC(=O)O)C(=O)N[C@@H](CC(N)=O)C(=O)O. The van der Waals surface area contributed by atoms with Crippen LogP contribution in [-0.2, 0) is 38.4 Å². The molecule has 0 aromatic carbocycles. The topological polar surface area (TPSA) is 268 Å². The standard InChI is InChI=1S/C21H32N6O10/c1-10(28)24-12(4-6-15(22)29)20(35)27-8-2-3-14(27)19(34)25-11(5-7-17(31)32)18(33)26-13(21(36)37)9-16(23)30/h11-14H,2-9H2,1H3,(H2,22,29)(H2,23,30)(H,24,28)(H,25,34)(H,26,33)(H,31,32)(H,36,37)/t11-,12-,13-,14-/m0/s1. The Labute approximate surface area is 211 Å². The smallest absolute Gasteiger partial charge is 0.326 e. The lowest BCUT2D eigenvalue weighted by molar-refractivity contribution is -0.145. The summed E-state index contributed by atoms with van der Waals surface area (Å²) in [5.41, 5.74) is 10.1. The van der Waals surface area contributed by atoms with Crippen LogP contribution in [0.15, 0.2) is 0 Å². The minimum atomic E-state index is -1.71. The molecule has 0 radical (unpaired) electrons. The van der Waals surface area contributed by atoms with E-state index in [2.05, 4.69) is 10.6 Å². The van der Waals surface area contributed by atoms with Crippen molar-refractivity contribution in [1.29, 1.82) is 0 Å². The van der Waals surface area contributed by atoms with E-state index in [1.165, 1.54) is 11.8 Å². The van der Waals surface area contributed by atoms with E-state index in [0.29, 0.717) is 6.42 Å². The Morgan fingerprint density at radius 3 is 2.00 bits per heavy atom. The third-order valence-corrected chi connectivity index (χ3v) is 5.49. The van der Waals surface area contributed by atoms with E-state index in [9.17, 15) is 43.5 Å². The van der Waals surface area contributed by atoms with Gasteiger partial charge in [0.05, 0.1) is 6.42 Å². The van der Waals surface area contributed by atoms with Crippen molar-refractivity contribution in [3.8, 4) is 0 Å². The normalized spacial score (nSPS) is 17.1. The molecule has 1 fully saturated rings. The molecule has 9 N–H and O–H groups in total. The van der Waals surface area contributed by atoms with Gasteiger partial charge in [-0.1, -0.05) is 0 Å². The summed E-state index contributed by atoms with van der Waals surface area (Å²) in [6.45, 7) is 1.31. The third-order valence-electron chi connectivity index (χ3n) is 5.49. The number of primary amides is 2. The molecule has 0 aromatic rings. The second-order valence-electron chi connectivity index (χ2n) is 8.51. The van der Waals surface area contributed by atoms with Crippen molar-refractivity contribution in [1.82, 2.24) is 20.9 Å². The average molecular weight is 529 g/mol. The van der Waals surface area contributed by atoms with Crippen LogP contribution in [0.5, 0.6) is 0 Å². The van der Waals surface area contributed by atoms with Crippen LogP contribution < -0.4 is 27.4 Å². The van der Waals surface area contributed by atoms with E-state index in [1.807, 2.05) is 5.32 Å². The number of hydrogen-bond donors (Lipinski definition) is 7. The Bertz CT molecular complexity index is 939. The number of nitrogens with zero attached hydrogens (tertiary/aromatic N) is 1. The van der Waals surface area contributed by atoms with Crippen LogP contribution in [0, 0.1) is 0 Å². The number of rotatable bonds is 15. The predicted molar refractivity (Wildman–Crippen MR) is 123 cm³/mol. The first kappa shape index (κ1) is 30.8. The first-order valence-corrected chi connectivity index (χ1v) is 11.4. The number of carboxylic acid groups (broad SMARTS) is 2. The molecule has 0 saturated carbocycles. The molecule has 0 spiro atoms. The Morgan fingerprint density at radius 1 is 0.865 bits per heavy atom. The summed E-state index contributed by atoms with van der Waals surface area (Å²) in [6.07, 6.45) is -1.42. The average Bonchev–Trinajstić information content (AvgIpc) is 3.27. The molecule has 1 aliphatic heterocycles. The number of amides is 6. The van der Waals surface area contributed by atoms with Gasteiger partial charge in [0.1, 0.15) is 24.2 Å². The van der Waals surface area contributed by atoms with E-state index in [0.717, 1.165) is 0 Å². The fourth-order valence-electron chi connectivity index (χ4n) is 3.77. The summed E-state index contributed by atoms with van der Waals surface area (Å²) >= 11 is 0. The summed E-state index contributed by atoms with van der Waals surface area (Å²) in [7, 11) is 0. The van der Waals surface area contributed by atoms with E-state index < -0.39 is 90.8 Å². The van der Waals surface area contributed by atoms with Crippen molar-refractivity contribution in [3.63, 3.8) is 0 Å². The molecule has 0 aliphatic carbocycles. The van der Waals surface area contributed by atoms with Crippen LogP contribution in [0.3, 0.4) is 0 Å². The molecule has 16 heteroatoms. The number of hydrogen-bond acceptors (Lipinski definition) is 8. The van der Waals surface area contributed by atoms with Gasteiger partial charge < -0.3 is 42.5 Å². The molecule has 206 valence electrons. The van der Waals surface area contributed by atoms with Crippen molar-refractivity contribution >= 4 is 47.4 Å². The van der Waals surface area contributed by atoms with Gasteiger partial charge >= 0.3 is 11.9 Å². The van der Waals surface area contributed by atoms with E-state index in [-0.39, 0.29) is 25.8 Å². The Morgan fingerprint density at radius 2 is 1.49 bits per heavy atom. The van der Waals surface area contributed by atoms with Gasteiger partial charge in [0.2, 0.25) is 35.4 Å². The maximum atomic E-state index is 13.1. The molecule has 0 aromatic heterocycles. The second-order valence-corrected chi connectivity index (χ2v) is 8.51. The summed E-state index contributed by atoms with van der Waals surface area (Å²) in [5.74, 6) is -7.62. The zero-order chi connectivity index (χ0) is 28.3. The molecule has 16 nitrogen and oxygen atoms in total. The van der Waals surface area contributed by atoms with Crippen LogP contribution in [0.4, 0.5) is 0 Å². The quantitative estimate of drug-likeness (QED) is 0.110. The molecule has 1 aliphatic rings. The molecular weight excluding hydrogens is 496 g/mol. The lowest BCUT2D eigenvalue weighted by Gasteiger charge is -2.29. The van der Waals surface area contributed by atoms with Crippen molar-refractivity contribution < 1.29 is 48.6 Å². The maximum Gasteiger partial charge on any atom is 0.326 e. The minimum absolute atomic E-state index is 0.0985. The van der Waals surface area contributed by atoms with Gasteiger partial charge in [-0.25, -0.2) is 4.79 Å². The van der Waals surface area contributed by atoms with Crippen molar-refractivity contribution in [2.75, 3.05) is 6.54 Å². The van der Waals surface area contributed by atoms with E-state index in [1.54, 1.807) is 0 Å². The lowest BCUT2D eigenvalue weighted by Crippen LogP contribution is -2.57. The molecular formula is C21H32N6O10. The highest BCUT2D eigenvalue weighted by molar-refractivity contribution is 5.96. The van der Waals surface area contributed by atoms with Gasteiger partial charge in [-0.2, -0.15) is 0 Å². The van der Waals surface area contributed by atoms with Gasteiger partial charge in [-0.15, -0.1) is 0 Å². The highest BCUT2D eigenvalue weighted by atomic mass is 16.4. The van der Waals surface area contributed by atoms with Crippen LogP contribution in [-0.4, -0.2) is 93.2 Å². The highest BCUT2D eigenvalue weighted by Crippen LogP contribution is 2.20. The Kier molecular flexibility index (Phi) is 11.9. The zero-order valence-corrected chi connectivity index (χ0v) is 20.2. The summed E-state index contributed by atoms with van der Waals surface area (Å²) < 4.78 is 0. The molecule has 37 heavy (non-hydrogen) atoms. The predicted octanol–water partition coefficient (Wildman–Crippen LogP) is -3.46. The monoisotopic (exact) mass is 528 g/mol. The summed E-state index contributed by atoms with van der Waals surface area (Å²) in [5, 5.41) is 25.0. The number of nitrogens with one attached hydrogen (secondary N) is 3. The van der Waals surface area contributed by atoms with Crippen molar-refractivity contribution in [2.24, 2.45) is 11.5 Å². The number of nitrogens with two attached hydrogens (primary N) is 2. The van der Waals surface area contributed by atoms with E-state index in [4.69, 9.17) is 16.6 Å². The fourth-order valence-corrected chi connectivity index (χ4v) is 3.77. The van der Waals surface area contributed by atoms with Crippen LogP contribution >= 0.6 is 0 Å². The molecule has 1 saturated heterocycles. The first-order valence-electron chi connectivity index (χ1n) is 11.4. The highest BCUT2D eigenvalue weighted by Gasteiger charge is 2.39. The van der Waals surface area contributed by atoms with Crippen molar-refractivity contribution in [2.45, 2.75) is 76.0 Å². The number of carboxylic acids is 2. The van der Waals surface area contributed by atoms with Crippen LogP contribution in [0.1, 0.15) is 51.9 Å². The van der Waals surface area contributed by atoms with Gasteiger partial charge in [0.25, 0.3) is 0 Å².